The van der Waals surface area contributed by atoms with Crippen molar-refractivity contribution in [2.45, 2.75) is 39.3 Å². The molecule has 0 bridgehead atoms. The van der Waals surface area contributed by atoms with Crippen LogP contribution in [0.4, 0.5) is 4.39 Å². The lowest BCUT2D eigenvalue weighted by Gasteiger charge is -2.29. The van der Waals surface area contributed by atoms with E-state index in [9.17, 15) is 14.3 Å². The molecule has 2 unspecified atom stereocenters. The van der Waals surface area contributed by atoms with Gasteiger partial charge in [0.25, 0.3) is 5.91 Å². The minimum absolute atomic E-state index is 0.0569. The van der Waals surface area contributed by atoms with Gasteiger partial charge in [-0.05, 0) is 30.5 Å². The molecule has 0 saturated heterocycles. The molecule has 1 heterocycles. The molecule has 2 N–H and O–H groups in total. The third-order valence-electron chi connectivity index (χ3n) is 4.29. The molecule has 6 nitrogen and oxygen atoms in total. The Bertz CT molecular complexity index is 699. The standard InChI is InChI=1S/C17H23FN4O2/c1-4-12(2)17(3,24)11-19-16(23)15-10-22(21-20-15)9-13-6-5-7-14(18)8-13/h5-8,10,12,24H,4,9,11H2,1-3H3,(H,19,23). The molecule has 0 fully saturated rings. The van der Waals surface area contributed by atoms with Crippen LogP contribution in [-0.2, 0) is 6.54 Å². The fraction of sp³-hybridized carbons (Fsp3) is 0.471. The summed E-state index contributed by atoms with van der Waals surface area (Å²) in [5.41, 5.74) is -0.0972. The summed E-state index contributed by atoms with van der Waals surface area (Å²) in [6.45, 7) is 6.07. The number of hydrogen-bond donors (Lipinski definition) is 2. The van der Waals surface area contributed by atoms with Gasteiger partial charge in [0.15, 0.2) is 5.69 Å². The number of carbonyl (C=O) groups is 1. The number of aromatic nitrogens is 3. The lowest BCUT2D eigenvalue weighted by Crippen LogP contribution is -2.45. The number of rotatable bonds is 7. The second-order valence-electron chi connectivity index (χ2n) is 6.28. The van der Waals surface area contributed by atoms with Gasteiger partial charge in [-0.15, -0.1) is 5.10 Å². The maximum atomic E-state index is 13.2. The third kappa shape index (κ3) is 4.61. The van der Waals surface area contributed by atoms with E-state index in [0.717, 1.165) is 12.0 Å². The first-order valence-corrected chi connectivity index (χ1v) is 7.97. The quantitative estimate of drug-likeness (QED) is 0.811. The van der Waals surface area contributed by atoms with Gasteiger partial charge in [0, 0.05) is 6.54 Å². The summed E-state index contributed by atoms with van der Waals surface area (Å²) < 4.78 is 14.6. The van der Waals surface area contributed by atoms with Crippen molar-refractivity contribution in [3.63, 3.8) is 0 Å². The van der Waals surface area contributed by atoms with Crippen LogP contribution in [0, 0.1) is 11.7 Å². The third-order valence-corrected chi connectivity index (χ3v) is 4.29. The van der Waals surface area contributed by atoms with E-state index in [-0.39, 0.29) is 24.0 Å². The Morgan fingerprint density at radius 1 is 1.50 bits per heavy atom. The van der Waals surface area contributed by atoms with Crippen molar-refractivity contribution in [1.29, 1.82) is 0 Å². The molecule has 1 aromatic carbocycles. The Kier molecular flexibility index (Phi) is 5.66. The first kappa shape index (κ1) is 18.1. The Morgan fingerprint density at radius 2 is 2.25 bits per heavy atom. The van der Waals surface area contributed by atoms with Gasteiger partial charge in [0.2, 0.25) is 0 Å². The van der Waals surface area contributed by atoms with Crippen LogP contribution in [0.25, 0.3) is 0 Å². The fourth-order valence-electron chi connectivity index (χ4n) is 2.27. The van der Waals surface area contributed by atoms with Gasteiger partial charge in [-0.3, -0.25) is 4.79 Å². The zero-order valence-electron chi connectivity index (χ0n) is 14.2. The lowest BCUT2D eigenvalue weighted by molar-refractivity contribution is 0.00588. The molecule has 130 valence electrons. The topological polar surface area (TPSA) is 80.0 Å². The maximum absolute atomic E-state index is 13.2. The summed E-state index contributed by atoms with van der Waals surface area (Å²) in [5.74, 6) is -0.664. The minimum atomic E-state index is -0.984. The molecule has 2 rings (SSSR count). The van der Waals surface area contributed by atoms with Gasteiger partial charge in [-0.2, -0.15) is 0 Å². The average molecular weight is 334 g/mol. The van der Waals surface area contributed by atoms with Crippen LogP contribution in [0.15, 0.2) is 30.5 Å². The molecule has 2 atom stereocenters. The molecule has 2 aromatic rings. The smallest absolute Gasteiger partial charge is 0.273 e. The highest BCUT2D eigenvalue weighted by Crippen LogP contribution is 2.18. The number of hydrogen-bond acceptors (Lipinski definition) is 4. The van der Waals surface area contributed by atoms with E-state index in [1.54, 1.807) is 19.1 Å². The number of nitrogens with one attached hydrogen (secondary N) is 1. The predicted octanol–water partition coefficient (Wildman–Crippen LogP) is 1.99. The molecule has 1 aromatic heterocycles. The van der Waals surface area contributed by atoms with Crippen molar-refractivity contribution in [2.75, 3.05) is 6.54 Å². The molecule has 0 saturated carbocycles. The second kappa shape index (κ2) is 7.53. The molecular weight excluding hydrogens is 311 g/mol. The minimum Gasteiger partial charge on any atom is -0.388 e. The normalized spacial score (nSPS) is 14.9. The first-order chi connectivity index (χ1) is 11.3. The largest absolute Gasteiger partial charge is 0.388 e. The van der Waals surface area contributed by atoms with E-state index < -0.39 is 11.5 Å². The van der Waals surface area contributed by atoms with Gasteiger partial charge >= 0.3 is 0 Å². The van der Waals surface area contributed by atoms with Crippen LogP contribution in [0.3, 0.4) is 0 Å². The lowest BCUT2D eigenvalue weighted by atomic mass is 9.88. The summed E-state index contributed by atoms with van der Waals surface area (Å²) in [6.07, 6.45) is 2.31. The molecule has 7 heteroatoms. The van der Waals surface area contributed by atoms with Crippen LogP contribution in [-0.4, -0.2) is 38.2 Å². The average Bonchev–Trinajstić information content (AvgIpc) is 3.00. The summed E-state index contributed by atoms with van der Waals surface area (Å²) in [6, 6.07) is 6.16. The van der Waals surface area contributed by atoms with Gasteiger partial charge < -0.3 is 10.4 Å². The van der Waals surface area contributed by atoms with Crippen molar-refractivity contribution in [3.8, 4) is 0 Å². The van der Waals surface area contributed by atoms with Crippen LogP contribution in [0.1, 0.15) is 43.2 Å². The molecule has 0 aliphatic carbocycles. The number of amides is 1. The highest BCUT2D eigenvalue weighted by molar-refractivity contribution is 5.91. The molecule has 0 aliphatic heterocycles. The first-order valence-electron chi connectivity index (χ1n) is 7.97. The Morgan fingerprint density at radius 3 is 2.92 bits per heavy atom. The number of aliphatic hydroxyl groups is 1. The Balaban J connectivity index is 1.96. The van der Waals surface area contributed by atoms with E-state index in [1.165, 1.54) is 23.0 Å². The molecule has 24 heavy (non-hydrogen) atoms. The predicted molar refractivity (Wildman–Crippen MR) is 87.9 cm³/mol. The van der Waals surface area contributed by atoms with Gasteiger partial charge in [-0.25, -0.2) is 9.07 Å². The van der Waals surface area contributed by atoms with Gasteiger partial charge in [0.1, 0.15) is 5.82 Å². The summed E-state index contributed by atoms with van der Waals surface area (Å²) in [7, 11) is 0. The highest BCUT2D eigenvalue weighted by atomic mass is 19.1. The van der Waals surface area contributed by atoms with Crippen molar-refractivity contribution in [3.05, 3.63) is 47.5 Å². The van der Waals surface area contributed by atoms with Crippen LogP contribution in [0.5, 0.6) is 0 Å². The van der Waals surface area contributed by atoms with E-state index in [1.807, 2.05) is 13.8 Å². The van der Waals surface area contributed by atoms with Gasteiger partial charge in [0.05, 0.1) is 18.3 Å². The highest BCUT2D eigenvalue weighted by Gasteiger charge is 2.28. The van der Waals surface area contributed by atoms with Crippen molar-refractivity contribution >= 4 is 5.91 Å². The number of nitrogens with zero attached hydrogens (tertiary/aromatic N) is 3. The van der Waals surface area contributed by atoms with E-state index in [0.29, 0.717) is 6.54 Å². The molecular formula is C17H23FN4O2. The van der Waals surface area contributed by atoms with Crippen molar-refractivity contribution < 1.29 is 14.3 Å². The number of carbonyl (C=O) groups excluding carboxylic acids is 1. The molecule has 1 amide bonds. The zero-order chi connectivity index (χ0) is 17.7. The van der Waals surface area contributed by atoms with Crippen molar-refractivity contribution in [1.82, 2.24) is 20.3 Å². The van der Waals surface area contributed by atoms with E-state index >= 15 is 0 Å². The maximum Gasteiger partial charge on any atom is 0.273 e. The molecule has 0 spiro atoms. The monoisotopic (exact) mass is 334 g/mol. The molecule has 0 aliphatic rings. The van der Waals surface area contributed by atoms with E-state index in [2.05, 4.69) is 15.6 Å². The Hall–Kier alpha value is -2.28. The molecule has 0 radical (unpaired) electrons. The van der Waals surface area contributed by atoms with Crippen LogP contribution >= 0.6 is 0 Å². The van der Waals surface area contributed by atoms with E-state index in [4.69, 9.17) is 0 Å². The Labute approximate surface area is 140 Å². The summed E-state index contributed by atoms with van der Waals surface area (Å²) in [4.78, 5) is 12.1. The number of halogens is 1. The summed E-state index contributed by atoms with van der Waals surface area (Å²) in [5, 5.41) is 20.7. The fourth-order valence-corrected chi connectivity index (χ4v) is 2.27. The zero-order valence-corrected chi connectivity index (χ0v) is 14.2. The number of benzene rings is 1. The van der Waals surface area contributed by atoms with Gasteiger partial charge in [-0.1, -0.05) is 37.6 Å². The second-order valence-corrected chi connectivity index (χ2v) is 6.28. The SMILES string of the molecule is CCC(C)C(C)(O)CNC(=O)c1cn(Cc2cccc(F)c2)nn1. The van der Waals surface area contributed by atoms with Crippen LogP contribution in [0.2, 0.25) is 0 Å². The van der Waals surface area contributed by atoms with Crippen molar-refractivity contribution in [2.24, 2.45) is 5.92 Å². The summed E-state index contributed by atoms with van der Waals surface area (Å²) >= 11 is 0. The van der Waals surface area contributed by atoms with Crippen LogP contribution < -0.4 is 5.32 Å².